The number of aryl methyl sites for hydroxylation is 4. The number of hydrogen-bond donors (Lipinski definition) is 6. The fourth-order valence-corrected chi connectivity index (χ4v) is 3.49. The highest BCUT2D eigenvalue weighted by Gasteiger charge is 2.11. The van der Waals surface area contributed by atoms with Crippen LogP contribution in [0.3, 0.4) is 0 Å². The third-order valence-corrected chi connectivity index (χ3v) is 5.61. The number of anilines is 2. The smallest absolute Gasteiger partial charge is 0.326 e. The number of aliphatic imine (C=N–C) groups is 1. The number of guanidine groups is 2. The Kier molecular flexibility index (Phi) is 19.7. The lowest BCUT2D eigenvalue weighted by Gasteiger charge is -2.20. The molecule has 224 valence electrons. The van der Waals surface area contributed by atoms with Gasteiger partial charge in [0.25, 0.3) is 0 Å². The maximum Gasteiger partial charge on any atom is 0.326 e. The van der Waals surface area contributed by atoms with Crippen molar-refractivity contribution in [2.45, 2.75) is 54.4 Å². The van der Waals surface area contributed by atoms with Gasteiger partial charge < -0.3 is 20.9 Å². The van der Waals surface area contributed by atoms with Crippen molar-refractivity contribution in [3.8, 4) is 0 Å². The fraction of sp³-hybridized carbons (Fsp3) is 0.429. The molecule has 0 unspecified atom stereocenters. The largest absolute Gasteiger partial charge is 0.356 e. The van der Waals surface area contributed by atoms with Crippen molar-refractivity contribution in [2.75, 3.05) is 37.8 Å². The Bertz CT molecular complexity index is 1080. The molecule has 0 saturated carbocycles. The van der Waals surface area contributed by atoms with Crippen LogP contribution in [0.1, 0.15) is 48.9 Å². The van der Waals surface area contributed by atoms with Gasteiger partial charge >= 0.3 is 12.1 Å². The zero-order chi connectivity index (χ0) is 28.7. The van der Waals surface area contributed by atoms with Crippen LogP contribution in [0.15, 0.2) is 41.4 Å². The first-order valence-electron chi connectivity index (χ1n) is 12.8. The van der Waals surface area contributed by atoms with Crippen LogP contribution in [0.2, 0.25) is 0 Å². The van der Waals surface area contributed by atoms with E-state index in [1.165, 1.54) is 0 Å². The Morgan fingerprint density at radius 2 is 1.23 bits per heavy atom. The highest BCUT2D eigenvalue weighted by molar-refractivity contribution is 6.03. The molecular weight excluding hydrogens is 551 g/mol. The van der Waals surface area contributed by atoms with Gasteiger partial charge in [-0.3, -0.25) is 21.0 Å². The summed E-state index contributed by atoms with van der Waals surface area (Å²) in [5.41, 5.74) is 5.71. The highest BCUT2D eigenvalue weighted by Crippen LogP contribution is 2.19. The summed E-state index contributed by atoms with van der Waals surface area (Å²) >= 11 is 0. The van der Waals surface area contributed by atoms with E-state index in [9.17, 15) is 9.59 Å². The number of hydrogen-bond acceptors (Lipinski definition) is 4. The van der Waals surface area contributed by atoms with Crippen molar-refractivity contribution >= 4 is 60.2 Å². The Morgan fingerprint density at radius 3 is 1.60 bits per heavy atom. The first-order valence-corrected chi connectivity index (χ1v) is 12.8. The second-order valence-corrected chi connectivity index (χ2v) is 8.96. The van der Waals surface area contributed by atoms with Crippen LogP contribution in [0.4, 0.5) is 21.0 Å². The van der Waals surface area contributed by atoms with Crippen molar-refractivity contribution < 1.29 is 9.59 Å². The summed E-state index contributed by atoms with van der Waals surface area (Å²) in [4.78, 5) is 29.4. The summed E-state index contributed by atoms with van der Waals surface area (Å²) in [5, 5.41) is 21.7. The van der Waals surface area contributed by atoms with E-state index in [-0.39, 0.29) is 42.8 Å². The molecular formula is C28H46Cl2N8O2. The molecule has 0 aliphatic heterocycles. The molecule has 0 aliphatic rings. The number of urea groups is 2. The Morgan fingerprint density at radius 1 is 0.800 bits per heavy atom. The molecule has 4 amide bonds. The second kappa shape index (κ2) is 20.4. The molecule has 0 spiro atoms. The Labute approximate surface area is 251 Å². The number of carbonyl (C=O) groups is 2. The SMILES string of the molecule is CCCN(C)C(=N)NC(=O)Nc1c(C)cccc1C.CCCNC(=NC)NC(=O)Nc1c(C)cccc1C.Cl.Cl. The Balaban J connectivity index is 0. The van der Waals surface area contributed by atoms with Gasteiger partial charge in [-0.15, -0.1) is 24.8 Å². The van der Waals surface area contributed by atoms with Gasteiger partial charge in [0.2, 0.25) is 0 Å². The number of amides is 4. The number of rotatable bonds is 6. The topological polar surface area (TPSA) is 134 Å². The second-order valence-electron chi connectivity index (χ2n) is 8.96. The van der Waals surface area contributed by atoms with E-state index >= 15 is 0 Å². The molecule has 0 bridgehead atoms. The van der Waals surface area contributed by atoms with Crippen LogP contribution < -0.4 is 26.6 Å². The van der Waals surface area contributed by atoms with Gasteiger partial charge in [-0.05, 0) is 62.8 Å². The van der Waals surface area contributed by atoms with E-state index in [2.05, 4.69) is 38.5 Å². The molecule has 0 radical (unpaired) electrons. The van der Waals surface area contributed by atoms with Gasteiger partial charge in [0.05, 0.1) is 0 Å². The number of nitrogens with zero attached hydrogens (tertiary/aromatic N) is 2. The molecule has 0 fully saturated rings. The minimum Gasteiger partial charge on any atom is -0.356 e. The van der Waals surface area contributed by atoms with Crippen molar-refractivity contribution in [2.24, 2.45) is 4.99 Å². The molecule has 40 heavy (non-hydrogen) atoms. The zero-order valence-electron chi connectivity index (χ0n) is 24.8. The molecule has 2 rings (SSSR count). The third-order valence-electron chi connectivity index (χ3n) is 5.61. The predicted molar refractivity (Wildman–Crippen MR) is 173 cm³/mol. The number of carbonyl (C=O) groups excluding carboxylic acids is 2. The van der Waals surface area contributed by atoms with E-state index in [1.54, 1.807) is 19.0 Å². The summed E-state index contributed by atoms with van der Waals surface area (Å²) < 4.78 is 0. The van der Waals surface area contributed by atoms with Crippen LogP contribution in [0.25, 0.3) is 0 Å². The van der Waals surface area contributed by atoms with Crippen LogP contribution in [0.5, 0.6) is 0 Å². The molecule has 2 aromatic carbocycles. The van der Waals surface area contributed by atoms with Crippen molar-refractivity contribution in [3.05, 3.63) is 58.7 Å². The lowest BCUT2D eigenvalue weighted by atomic mass is 10.1. The third kappa shape index (κ3) is 13.5. The van der Waals surface area contributed by atoms with Gasteiger partial charge in [-0.1, -0.05) is 50.2 Å². The van der Waals surface area contributed by atoms with Crippen LogP contribution in [0, 0.1) is 33.1 Å². The lowest BCUT2D eigenvalue weighted by Crippen LogP contribution is -2.43. The van der Waals surface area contributed by atoms with Crippen molar-refractivity contribution in [3.63, 3.8) is 0 Å². The van der Waals surface area contributed by atoms with Crippen LogP contribution in [-0.2, 0) is 0 Å². The number of nitrogens with one attached hydrogen (secondary N) is 6. The highest BCUT2D eigenvalue weighted by atomic mass is 35.5. The summed E-state index contributed by atoms with van der Waals surface area (Å²) in [7, 11) is 3.42. The van der Waals surface area contributed by atoms with E-state index in [4.69, 9.17) is 5.41 Å². The van der Waals surface area contributed by atoms with E-state index < -0.39 is 0 Å². The normalized spacial score (nSPS) is 9.95. The van der Waals surface area contributed by atoms with Gasteiger partial charge in [-0.2, -0.15) is 0 Å². The van der Waals surface area contributed by atoms with Gasteiger partial charge in [0, 0.05) is 38.6 Å². The van der Waals surface area contributed by atoms with E-state index in [1.807, 2.05) is 71.0 Å². The van der Waals surface area contributed by atoms with Gasteiger partial charge in [0.15, 0.2) is 11.9 Å². The summed E-state index contributed by atoms with van der Waals surface area (Å²) in [6.45, 7) is 13.4. The van der Waals surface area contributed by atoms with Crippen molar-refractivity contribution in [1.29, 1.82) is 5.41 Å². The molecule has 12 heteroatoms. The summed E-state index contributed by atoms with van der Waals surface area (Å²) in [6.07, 6.45) is 1.90. The average molecular weight is 598 g/mol. The van der Waals surface area contributed by atoms with Crippen LogP contribution >= 0.6 is 24.8 Å². The van der Waals surface area contributed by atoms with Gasteiger partial charge in [0.1, 0.15) is 0 Å². The lowest BCUT2D eigenvalue weighted by molar-refractivity contribution is 0.254. The first-order chi connectivity index (χ1) is 18.0. The minimum atomic E-state index is -0.384. The molecule has 0 aromatic heterocycles. The molecule has 0 atom stereocenters. The number of benzene rings is 2. The van der Waals surface area contributed by atoms with Crippen LogP contribution in [-0.4, -0.2) is 56.1 Å². The molecule has 6 N–H and O–H groups in total. The molecule has 2 aromatic rings. The molecule has 0 heterocycles. The summed E-state index contributed by atoms with van der Waals surface area (Å²) in [5.74, 6) is 0.580. The average Bonchev–Trinajstić information content (AvgIpc) is 2.87. The fourth-order valence-electron chi connectivity index (χ4n) is 3.49. The number of halogens is 2. The predicted octanol–water partition coefficient (Wildman–Crippen LogP) is 5.96. The number of para-hydroxylation sites is 2. The maximum absolute atomic E-state index is 11.9. The van der Waals surface area contributed by atoms with Gasteiger partial charge in [-0.25, -0.2) is 9.59 Å². The zero-order valence-corrected chi connectivity index (χ0v) is 26.5. The van der Waals surface area contributed by atoms with E-state index in [0.29, 0.717) is 5.96 Å². The van der Waals surface area contributed by atoms with Crippen molar-refractivity contribution in [1.82, 2.24) is 20.9 Å². The quantitative estimate of drug-likeness (QED) is 0.181. The van der Waals surface area contributed by atoms with E-state index in [0.717, 1.165) is 59.6 Å². The molecule has 10 nitrogen and oxygen atoms in total. The standard InChI is InChI=1S/2C14H22N4O.2ClH/c1-5-9-18(4)13(15)17-14(19)16-12-10(2)7-6-8-11(12)3;1-5-9-16-13(15-4)18-14(19)17-12-10(2)7-6-8-11(12)3;;/h6-8H,5,9H2,1-4H3,(H3,15,16,17,19);6-8H,5,9H2,1-4H3,(H3,15,16,17,18,19);2*1H. The molecule has 0 saturated heterocycles. The molecule has 0 aliphatic carbocycles. The maximum atomic E-state index is 11.9. The minimum absolute atomic E-state index is 0. The summed E-state index contributed by atoms with van der Waals surface area (Å²) in [6, 6.07) is 11.1. The monoisotopic (exact) mass is 596 g/mol. The first kappa shape index (κ1) is 38.6. The Hall–Kier alpha value is -3.50.